The lowest BCUT2D eigenvalue weighted by atomic mass is 10.2. The normalized spacial score (nSPS) is 17.3. The fourth-order valence-corrected chi connectivity index (χ4v) is 0.969. The van der Waals surface area contributed by atoms with Gasteiger partial charge in [0.1, 0.15) is 5.76 Å². The maximum absolute atomic E-state index is 11.1. The first-order valence-electron chi connectivity index (χ1n) is 4.19. The first kappa shape index (κ1) is 9.04. The number of rotatable bonds is 3. The van der Waals surface area contributed by atoms with E-state index < -0.39 is 0 Å². The lowest BCUT2D eigenvalue weighted by Gasteiger charge is -1.92. The molecule has 1 saturated carbocycles. The SMILES string of the molecule is CC(C)=C/C(O)=C\C(=O)C1CC1. The molecular formula is C10H14O2. The first-order valence-corrected chi connectivity index (χ1v) is 4.19. The van der Waals surface area contributed by atoms with Crippen LogP contribution in [0.4, 0.5) is 0 Å². The maximum Gasteiger partial charge on any atom is 0.162 e. The van der Waals surface area contributed by atoms with Crippen LogP contribution in [0, 0.1) is 5.92 Å². The van der Waals surface area contributed by atoms with Gasteiger partial charge >= 0.3 is 0 Å². The third kappa shape index (κ3) is 2.91. The summed E-state index contributed by atoms with van der Waals surface area (Å²) in [6.07, 6.45) is 4.89. The van der Waals surface area contributed by atoms with Gasteiger partial charge in [-0.3, -0.25) is 4.79 Å². The topological polar surface area (TPSA) is 37.3 Å². The van der Waals surface area contributed by atoms with Crippen molar-refractivity contribution in [2.45, 2.75) is 26.7 Å². The van der Waals surface area contributed by atoms with Crippen molar-refractivity contribution >= 4 is 5.78 Å². The molecule has 0 radical (unpaired) electrons. The van der Waals surface area contributed by atoms with Gasteiger partial charge in [-0.05, 0) is 32.8 Å². The highest BCUT2D eigenvalue weighted by Crippen LogP contribution is 2.30. The van der Waals surface area contributed by atoms with Crippen molar-refractivity contribution < 1.29 is 9.90 Å². The second-order valence-electron chi connectivity index (χ2n) is 3.47. The lowest BCUT2D eigenvalue weighted by molar-refractivity contribution is -0.115. The molecule has 66 valence electrons. The van der Waals surface area contributed by atoms with Crippen molar-refractivity contribution in [2.75, 3.05) is 0 Å². The van der Waals surface area contributed by atoms with E-state index in [2.05, 4.69) is 0 Å². The minimum Gasteiger partial charge on any atom is -0.508 e. The van der Waals surface area contributed by atoms with Crippen molar-refractivity contribution in [3.8, 4) is 0 Å². The minimum absolute atomic E-state index is 0.0602. The molecule has 0 aromatic carbocycles. The van der Waals surface area contributed by atoms with Crippen molar-refractivity contribution in [3.05, 3.63) is 23.5 Å². The van der Waals surface area contributed by atoms with Gasteiger partial charge in [-0.15, -0.1) is 0 Å². The lowest BCUT2D eigenvalue weighted by Crippen LogP contribution is -1.96. The predicted molar refractivity (Wildman–Crippen MR) is 47.9 cm³/mol. The van der Waals surface area contributed by atoms with Crippen LogP contribution in [-0.4, -0.2) is 10.9 Å². The van der Waals surface area contributed by atoms with E-state index in [-0.39, 0.29) is 17.5 Å². The second-order valence-corrected chi connectivity index (χ2v) is 3.47. The number of aliphatic hydroxyl groups excluding tert-OH is 1. The molecule has 12 heavy (non-hydrogen) atoms. The Labute approximate surface area is 72.6 Å². The average molecular weight is 166 g/mol. The fourth-order valence-electron chi connectivity index (χ4n) is 0.969. The maximum atomic E-state index is 11.1. The number of hydrogen-bond donors (Lipinski definition) is 1. The molecule has 0 bridgehead atoms. The number of carbonyl (C=O) groups is 1. The van der Waals surface area contributed by atoms with Gasteiger partial charge in [0, 0.05) is 12.0 Å². The van der Waals surface area contributed by atoms with Crippen LogP contribution in [0.25, 0.3) is 0 Å². The van der Waals surface area contributed by atoms with Crippen molar-refractivity contribution in [1.82, 2.24) is 0 Å². The molecule has 2 heteroatoms. The summed E-state index contributed by atoms with van der Waals surface area (Å²) in [6, 6.07) is 0. The van der Waals surface area contributed by atoms with Crippen LogP contribution in [-0.2, 0) is 4.79 Å². The standard InChI is InChI=1S/C10H14O2/c1-7(2)5-9(11)6-10(12)8-3-4-8/h5-6,8,11H,3-4H2,1-2H3/b9-6+. The summed E-state index contributed by atoms with van der Waals surface area (Å²) in [7, 11) is 0. The molecule has 1 fully saturated rings. The van der Waals surface area contributed by atoms with Crippen LogP contribution in [0.1, 0.15) is 26.7 Å². The Hall–Kier alpha value is -1.05. The highest BCUT2D eigenvalue weighted by molar-refractivity contribution is 5.94. The Morgan fingerprint density at radius 3 is 2.33 bits per heavy atom. The molecule has 1 aliphatic rings. The summed E-state index contributed by atoms with van der Waals surface area (Å²) in [5.74, 6) is 0.328. The van der Waals surface area contributed by atoms with Gasteiger partial charge in [0.25, 0.3) is 0 Å². The molecule has 0 aliphatic heterocycles. The number of ketones is 1. The Kier molecular flexibility index (Phi) is 2.69. The summed E-state index contributed by atoms with van der Waals surface area (Å²) < 4.78 is 0. The summed E-state index contributed by atoms with van der Waals surface area (Å²) in [6.45, 7) is 3.76. The number of aliphatic hydroxyl groups is 1. The summed E-state index contributed by atoms with van der Waals surface area (Å²) in [4.78, 5) is 11.1. The Morgan fingerprint density at radius 2 is 1.92 bits per heavy atom. The van der Waals surface area contributed by atoms with Gasteiger partial charge in [-0.1, -0.05) is 5.57 Å². The van der Waals surface area contributed by atoms with Crippen LogP contribution < -0.4 is 0 Å². The van der Waals surface area contributed by atoms with E-state index in [1.807, 2.05) is 13.8 Å². The van der Waals surface area contributed by atoms with E-state index in [9.17, 15) is 9.90 Å². The Morgan fingerprint density at radius 1 is 1.33 bits per heavy atom. The summed E-state index contributed by atoms with van der Waals surface area (Å²) >= 11 is 0. The van der Waals surface area contributed by atoms with E-state index in [4.69, 9.17) is 0 Å². The quantitative estimate of drug-likeness (QED) is 0.397. The average Bonchev–Trinajstić information content (AvgIpc) is 2.63. The predicted octanol–water partition coefficient (Wildman–Crippen LogP) is 2.37. The highest BCUT2D eigenvalue weighted by Gasteiger charge is 2.27. The zero-order valence-electron chi connectivity index (χ0n) is 7.50. The molecule has 0 saturated heterocycles. The third-order valence-corrected chi connectivity index (χ3v) is 1.71. The van der Waals surface area contributed by atoms with E-state index in [1.165, 1.54) is 6.08 Å². The Bertz CT molecular complexity index is 241. The molecule has 0 spiro atoms. The Balaban J connectivity index is 2.54. The minimum atomic E-state index is 0.0602. The third-order valence-electron chi connectivity index (χ3n) is 1.71. The van der Waals surface area contributed by atoms with Crippen LogP contribution in [0.15, 0.2) is 23.5 Å². The van der Waals surface area contributed by atoms with Crippen molar-refractivity contribution in [3.63, 3.8) is 0 Å². The molecule has 1 rings (SSSR count). The summed E-state index contributed by atoms with van der Waals surface area (Å²) in [5, 5.41) is 9.23. The summed E-state index contributed by atoms with van der Waals surface area (Å²) in [5.41, 5.74) is 0.993. The van der Waals surface area contributed by atoms with Crippen molar-refractivity contribution in [2.24, 2.45) is 5.92 Å². The molecule has 0 heterocycles. The molecule has 0 aromatic heterocycles. The molecular weight excluding hydrogens is 152 g/mol. The molecule has 0 atom stereocenters. The van der Waals surface area contributed by atoms with E-state index in [0.717, 1.165) is 18.4 Å². The van der Waals surface area contributed by atoms with Crippen LogP contribution in [0.3, 0.4) is 0 Å². The highest BCUT2D eigenvalue weighted by atomic mass is 16.3. The monoisotopic (exact) mass is 166 g/mol. The second kappa shape index (κ2) is 3.57. The van der Waals surface area contributed by atoms with E-state index in [1.54, 1.807) is 6.08 Å². The number of hydrogen-bond acceptors (Lipinski definition) is 2. The number of allylic oxidation sites excluding steroid dienone is 3. The van der Waals surface area contributed by atoms with Gasteiger partial charge in [-0.25, -0.2) is 0 Å². The van der Waals surface area contributed by atoms with Gasteiger partial charge in [0.15, 0.2) is 5.78 Å². The first-order chi connectivity index (χ1) is 5.59. The molecule has 0 amide bonds. The molecule has 0 unspecified atom stereocenters. The van der Waals surface area contributed by atoms with Gasteiger partial charge in [-0.2, -0.15) is 0 Å². The smallest absolute Gasteiger partial charge is 0.162 e. The van der Waals surface area contributed by atoms with E-state index >= 15 is 0 Å². The molecule has 1 N–H and O–H groups in total. The van der Waals surface area contributed by atoms with Gasteiger partial charge in [0.2, 0.25) is 0 Å². The molecule has 1 aliphatic carbocycles. The van der Waals surface area contributed by atoms with Crippen LogP contribution in [0.5, 0.6) is 0 Å². The van der Waals surface area contributed by atoms with E-state index in [0.29, 0.717) is 0 Å². The van der Waals surface area contributed by atoms with Crippen molar-refractivity contribution in [1.29, 1.82) is 0 Å². The van der Waals surface area contributed by atoms with Crippen LogP contribution >= 0.6 is 0 Å². The molecule has 2 nitrogen and oxygen atoms in total. The number of carbonyl (C=O) groups excluding carboxylic acids is 1. The zero-order valence-corrected chi connectivity index (χ0v) is 7.50. The van der Waals surface area contributed by atoms with Gasteiger partial charge < -0.3 is 5.11 Å². The van der Waals surface area contributed by atoms with Gasteiger partial charge in [0.05, 0.1) is 0 Å². The largest absolute Gasteiger partial charge is 0.508 e. The zero-order chi connectivity index (χ0) is 9.14. The van der Waals surface area contributed by atoms with Crippen LogP contribution in [0.2, 0.25) is 0 Å². The fraction of sp³-hybridized carbons (Fsp3) is 0.500. The molecule has 0 aromatic rings.